The summed E-state index contributed by atoms with van der Waals surface area (Å²) in [6.07, 6.45) is 4.75. The fraction of sp³-hybridized carbons (Fsp3) is 0.615. The van der Waals surface area contributed by atoms with Crippen LogP contribution in [-0.4, -0.2) is 45.9 Å². The molecule has 0 saturated carbocycles. The fourth-order valence-corrected chi connectivity index (χ4v) is 2.85. The van der Waals surface area contributed by atoms with Gasteiger partial charge in [0.2, 0.25) is 11.8 Å². The zero-order valence-electron chi connectivity index (χ0n) is 10.7. The van der Waals surface area contributed by atoms with Crippen molar-refractivity contribution in [1.82, 2.24) is 15.0 Å². The molecule has 0 N–H and O–H groups in total. The lowest BCUT2D eigenvalue weighted by molar-refractivity contribution is -0.143. The Labute approximate surface area is 111 Å². The fourth-order valence-electron chi connectivity index (χ4n) is 2.85. The molecule has 0 bridgehead atoms. The molecule has 0 aliphatic carbocycles. The first-order valence-electron chi connectivity index (χ1n) is 6.73. The molecule has 2 fully saturated rings. The van der Waals surface area contributed by atoms with Crippen LogP contribution in [0.1, 0.15) is 31.4 Å². The third kappa shape index (κ3) is 2.34. The molecule has 0 radical (unpaired) electrons. The summed E-state index contributed by atoms with van der Waals surface area (Å²) in [6, 6.07) is 1.48. The predicted molar refractivity (Wildman–Crippen MR) is 65.9 cm³/mol. The van der Waals surface area contributed by atoms with Crippen molar-refractivity contribution in [2.75, 3.05) is 13.1 Å². The van der Waals surface area contributed by atoms with E-state index in [1.165, 1.54) is 0 Å². The second kappa shape index (κ2) is 5.03. The van der Waals surface area contributed by atoms with Gasteiger partial charge in [0.05, 0.1) is 12.7 Å². The second-order valence-corrected chi connectivity index (χ2v) is 5.09. The van der Waals surface area contributed by atoms with Gasteiger partial charge in [0.15, 0.2) is 5.76 Å². The van der Waals surface area contributed by atoms with Gasteiger partial charge in [-0.05, 0) is 19.3 Å². The standard InChI is InChI=1S/C13H17N3O3/c17-12-5-8-15(9-10-4-6-14-19-10)13(18)11-3-1-2-7-16(11)12/h4,6,11H,1-3,5,7-9H2. The van der Waals surface area contributed by atoms with Gasteiger partial charge in [0, 0.05) is 25.6 Å². The highest BCUT2D eigenvalue weighted by atomic mass is 16.5. The summed E-state index contributed by atoms with van der Waals surface area (Å²) in [4.78, 5) is 28.0. The van der Waals surface area contributed by atoms with Gasteiger partial charge in [-0.25, -0.2) is 0 Å². The number of fused-ring (bicyclic) bond motifs is 1. The van der Waals surface area contributed by atoms with Crippen molar-refractivity contribution in [3.63, 3.8) is 0 Å². The van der Waals surface area contributed by atoms with Crippen LogP contribution in [0, 0.1) is 0 Å². The van der Waals surface area contributed by atoms with Gasteiger partial charge >= 0.3 is 0 Å². The van der Waals surface area contributed by atoms with E-state index in [1.807, 2.05) is 0 Å². The number of nitrogens with zero attached hydrogens (tertiary/aromatic N) is 3. The molecule has 2 aliphatic heterocycles. The molecule has 0 spiro atoms. The lowest BCUT2D eigenvalue weighted by Crippen LogP contribution is -2.49. The summed E-state index contributed by atoms with van der Waals surface area (Å²) in [5.74, 6) is 0.796. The smallest absolute Gasteiger partial charge is 0.245 e. The number of rotatable bonds is 2. The van der Waals surface area contributed by atoms with E-state index in [2.05, 4.69) is 5.16 Å². The second-order valence-electron chi connectivity index (χ2n) is 5.09. The van der Waals surface area contributed by atoms with Crippen molar-refractivity contribution in [3.8, 4) is 0 Å². The van der Waals surface area contributed by atoms with E-state index in [0.29, 0.717) is 31.8 Å². The molecule has 1 atom stereocenters. The maximum atomic E-state index is 12.5. The van der Waals surface area contributed by atoms with Crippen molar-refractivity contribution in [2.24, 2.45) is 0 Å². The molecule has 3 rings (SSSR count). The predicted octanol–water partition coefficient (Wildman–Crippen LogP) is 0.788. The Morgan fingerprint density at radius 1 is 1.32 bits per heavy atom. The molecule has 0 aromatic carbocycles. The molecule has 2 saturated heterocycles. The number of aromatic nitrogens is 1. The van der Waals surface area contributed by atoms with E-state index >= 15 is 0 Å². The summed E-state index contributed by atoms with van der Waals surface area (Å²) in [5, 5.41) is 3.64. The van der Waals surface area contributed by atoms with Crippen molar-refractivity contribution in [1.29, 1.82) is 0 Å². The minimum atomic E-state index is -0.272. The van der Waals surface area contributed by atoms with Gasteiger partial charge in [-0.2, -0.15) is 0 Å². The number of hydrogen-bond acceptors (Lipinski definition) is 4. The molecule has 2 aliphatic rings. The molecule has 1 unspecified atom stereocenters. The van der Waals surface area contributed by atoms with Crippen LogP contribution in [0.3, 0.4) is 0 Å². The highest BCUT2D eigenvalue weighted by molar-refractivity contribution is 5.90. The van der Waals surface area contributed by atoms with Crippen LogP contribution in [0.25, 0.3) is 0 Å². The van der Waals surface area contributed by atoms with Gasteiger partial charge < -0.3 is 14.3 Å². The molecule has 2 amide bonds. The molecular weight excluding hydrogens is 246 g/mol. The van der Waals surface area contributed by atoms with Crippen LogP contribution in [0.15, 0.2) is 16.8 Å². The van der Waals surface area contributed by atoms with Crippen LogP contribution in [0.4, 0.5) is 0 Å². The number of hydrogen-bond donors (Lipinski definition) is 0. The largest absolute Gasteiger partial charge is 0.360 e. The molecule has 6 heteroatoms. The number of carbonyl (C=O) groups is 2. The van der Waals surface area contributed by atoms with Crippen LogP contribution in [0.2, 0.25) is 0 Å². The molecular formula is C13H17N3O3. The summed E-state index contributed by atoms with van der Waals surface area (Å²) in [7, 11) is 0. The number of piperidine rings is 1. The van der Waals surface area contributed by atoms with Crippen LogP contribution in [-0.2, 0) is 16.1 Å². The summed E-state index contributed by atoms with van der Waals surface area (Å²) >= 11 is 0. The third-order valence-corrected chi connectivity index (χ3v) is 3.85. The van der Waals surface area contributed by atoms with Gasteiger partial charge in [-0.1, -0.05) is 5.16 Å². The Balaban J connectivity index is 1.78. The molecule has 1 aromatic heterocycles. The maximum Gasteiger partial charge on any atom is 0.245 e. The molecule has 102 valence electrons. The van der Waals surface area contributed by atoms with Gasteiger partial charge in [0.1, 0.15) is 6.04 Å². The molecule has 19 heavy (non-hydrogen) atoms. The molecule has 6 nitrogen and oxygen atoms in total. The summed E-state index contributed by atoms with van der Waals surface area (Å²) in [6.45, 7) is 1.58. The van der Waals surface area contributed by atoms with E-state index in [0.717, 1.165) is 19.3 Å². The van der Waals surface area contributed by atoms with Crippen molar-refractivity contribution in [3.05, 3.63) is 18.0 Å². The Hall–Kier alpha value is -1.85. The van der Waals surface area contributed by atoms with Crippen molar-refractivity contribution >= 4 is 11.8 Å². The Morgan fingerprint density at radius 2 is 2.21 bits per heavy atom. The average molecular weight is 263 g/mol. The van der Waals surface area contributed by atoms with E-state index in [-0.39, 0.29) is 17.9 Å². The first kappa shape index (κ1) is 12.2. The zero-order chi connectivity index (χ0) is 13.2. The number of carbonyl (C=O) groups excluding carboxylic acids is 2. The minimum Gasteiger partial charge on any atom is -0.360 e. The van der Waals surface area contributed by atoms with Crippen molar-refractivity contribution < 1.29 is 14.1 Å². The SMILES string of the molecule is O=C1C2CCCCN2C(=O)CCN1Cc1ccno1. The van der Waals surface area contributed by atoms with Gasteiger partial charge in [0.25, 0.3) is 0 Å². The lowest BCUT2D eigenvalue weighted by atomic mass is 10.0. The van der Waals surface area contributed by atoms with Gasteiger partial charge in [-0.3, -0.25) is 9.59 Å². The maximum absolute atomic E-state index is 12.5. The van der Waals surface area contributed by atoms with Crippen LogP contribution in [0.5, 0.6) is 0 Å². The zero-order valence-corrected chi connectivity index (χ0v) is 10.7. The summed E-state index contributed by atoms with van der Waals surface area (Å²) in [5.41, 5.74) is 0. The first-order valence-corrected chi connectivity index (χ1v) is 6.73. The Morgan fingerprint density at radius 3 is 3.00 bits per heavy atom. The topological polar surface area (TPSA) is 66.7 Å². The summed E-state index contributed by atoms with van der Waals surface area (Å²) < 4.78 is 5.05. The van der Waals surface area contributed by atoms with Crippen molar-refractivity contribution in [2.45, 2.75) is 38.3 Å². The average Bonchev–Trinajstić information content (AvgIpc) is 2.91. The molecule has 1 aromatic rings. The minimum absolute atomic E-state index is 0.0435. The normalized spacial score (nSPS) is 24.3. The molecule has 3 heterocycles. The first-order chi connectivity index (χ1) is 9.25. The quantitative estimate of drug-likeness (QED) is 0.791. The number of amides is 2. The van der Waals surface area contributed by atoms with E-state index in [9.17, 15) is 9.59 Å². The van der Waals surface area contributed by atoms with Gasteiger partial charge in [-0.15, -0.1) is 0 Å². The Bertz CT molecular complexity index is 471. The Kier molecular flexibility index (Phi) is 3.23. The van der Waals surface area contributed by atoms with Crippen LogP contribution >= 0.6 is 0 Å². The van der Waals surface area contributed by atoms with E-state index in [4.69, 9.17) is 4.52 Å². The third-order valence-electron chi connectivity index (χ3n) is 3.85. The van der Waals surface area contributed by atoms with E-state index < -0.39 is 0 Å². The highest BCUT2D eigenvalue weighted by Gasteiger charge is 2.37. The monoisotopic (exact) mass is 263 g/mol. The van der Waals surface area contributed by atoms with Crippen LogP contribution < -0.4 is 0 Å². The van der Waals surface area contributed by atoms with E-state index in [1.54, 1.807) is 22.1 Å². The highest BCUT2D eigenvalue weighted by Crippen LogP contribution is 2.23. The lowest BCUT2D eigenvalue weighted by Gasteiger charge is -2.34.